The minimum Gasteiger partial charge on any atom is -0.284 e. The molecule has 3 atom stereocenters. The standard InChI is InChI=1S/C26H24ClF2N3O3S2/c1-5-10-30-25(16-7-6-8-20(24(16)29)37(4,34)35)18(28)13-32-14(2)12-17(23(27)26(32)33)21-15(3)22(21)19-9-11-36-31-19/h5-13,15,21-22H,1-4H3/b10-5+,18-13-,30-25+/t15-,21?,22?/m0/s1. The molecule has 0 bridgehead atoms. The molecule has 4 rings (SSSR count). The van der Waals surface area contributed by atoms with Gasteiger partial charge in [-0.3, -0.25) is 14.4 Å². The van der Waals surface area contributed by atoms with Gasteiger partial charge in [-0.15, -0.1) is 0 Å². The SMILES string of the molecule is C/C=C/N=C(/C(F)=C/n1c(C)cc(C2C(c3ccsn3)[C@H]2C)c(Cl)c1=O)c1cccc(S(C)(=O)=O)c1F. The second kappa shape index (κ2) is 10.4. The summed E-state index contributed by atoms with van der Waals surface area (Å²) in [4.78, 5) is 16.6. The van der Waals surface area contributed by atoms with Gasteiger partial charge >= 0.3 is 0 Å². The Morgan fingerprint density at radius 2 is 2.00 bits per heavy atom. The van der Waals surface area contributed by atoms with Crippen LogP contribution in [0.2, 0.25) is 5.02 Å². The van der Waals surface area contributed by atoms with Crippen LogP contribution < -0.4 is 5.56 Å². The number of aryl methyl sites for hydroxylation is 1. The monoisotopic (exact) mass is 563 g/mol. The third-order valence-electron chi connectivity index (χ3n) is 6.38. The van der Waals surface area contributed by atoms with E-state index in [0.29, 0.717) is 11.3 Å². The summed E-state index contributed by atoms with van der Waals surface area (Å²) in [6.45, 7) is 5.34. The van der Waals surface area contributed by atoms with Crippen molar-refractivity contribution >= 4 is 44.9 Å². The molecule has 37 heavy (non-hydrogen) atoms. The average Bonchev–Trinajstić information content (AvgIpc) is 3.22. The van der Waals surface area contributed by atoms with Gasteiger partial charge in [-0.05, 0) is 67.0 Å². The fraction of sp³-hybridized carbons (Fsp3) is 0.269. The van der Waals surface area contributed by atoms with Gasteiger partial charge in [-0.2, -0.15) is 4.37 Å². The van der Waals surface area contributed by atoms with Crippen molar-refractivity contribution in [3.63, 3.8) is 0 Å². The number of hydrogen-bond donors (Lipinski definition) is 0. The first-order valence-corrected chi connectivity index (χ1v) is 14.4. The Labute approximate surface area is 222 Å². The van der Waals surface area contributed by atoms with Crippen LogP contribution in [0.25, 0.3) is 6.20 Å². The maximum atomic E-state index is 15.6. The molecule has 194 valence electrons. The topological polar surface area (TPSA) is 81.4 Å². The van der Waals surface area contributed by atoms with E-state index in [1.54, 1.807) is 19.9 Å². The fourth-order valence-electron chi connectivity index (χ4n) is 4.50. The maximum Gasteiger partial charge on any atom is 0.273 e. The van der Waals surface area contributed by atoms with Crippen molar-refractivity contribution in [2.75, 3.05) is 6.26 Å². The lowest BCUT2D eigenvalue weighted by Crippen LogP contribution is -2.21. The van der Waals surface area contributed by atoms with E-state index in [1.165, 1.54) is 35.9 Å². The first-order chi connectivity index (χ1) is 17.5. The first-order valence-electron chi connectivity index (χ1n) is 11.3. The zero-order chi connectivity index (χ0) is 27.1. The molecule has 1 aromatic carbocycles. The predicted octanol–water partition coefficient (Wildman–Crippen LogP) is 6.12. The third-order valence-corrected chi connectivity index (χ3v) is 8.45. The number of halogens is 3. The Bertz CT molecular complexity index is 1610. The molecule has 1 aliphatic rings. The van der Waals surface area contributed by atoms with Crippen molar-refractivity contribution in [2.45, 2.75) is 37.5 Å². The second-order valence-electron chi connectivity index (χ2n) is 8.89. The zero-order valence-corrected chi connectivity index (χ0v) is 22.8. The van der Waals surface area contributed by atoms with E-state index in [9.17, 15) is 13.2 Å². The van der Waals surface area contributed by atoms with Gasteiger partial charge in [0.15, 0.2) is 21.5 Å². The highest BCUT2D eigenvalue weighted by atomic mass is 35.5. The molecule has 0 saturated heterocycles. The van der Waals surface area contributed by atoms with Gasteiger partial charge < -0.3 is 0 Å². The van der Waals surface area contributed by atoms with Crippen LogP contribution in [0.3, 0.4) is 0 Å². The van der Waals surface area contributed by atoms with Crippen molar-refractivity contribution in [3.05, 3.63) is 97.5 Å². The normalized spacial score (nSPS) is 20.6. The molecule has 6 nitrogen and oxygen atoms in total. The summed E-state index contributed by atoms with van der Waals surface area (Å²) in [5.41, 5.74) is 0.599. The molecule has 11 heteroatoms. The van der Waals surface area contributed by atoms with Crippen LogP contribution in [0.4, 0.5) is 8.78 Å². The van der Waals surface area contributed by atoms with Crippen LogP contribution in [0.5, 0.6) is 0 Å². The molecule has 3 aromatic rings. The molecule has 0 spiro atoms. The van der Waals surface area contributed by atoms with Gasteiger partial charge in [0.25, 0.3) is 5.56 Å². The number of rotatable bonds is 7. The molecule has 1 aliphatic carbocycles. The molecule has 2 unspecified atom stereocenters. The number of nitrogens with zero attached hydrogens (tertiary/aromatic N) is 3. The molecule has 1 saturated carbocycles. The summed E-state index contributed by atoms with van der Waals surface area (Å²) in [6.07, 6.45) is 4.49. The minimum atomic E-state index is -3.91. The number of aliphatic imine (C=N–C) groups is 1. The number of aromatic nitrogens is 2. The van der Waals surface area contributed by atoms with E-state index in [-0.39, 0.29) is 28.3 Å². The second-order valence-corrected chi connectivity index (χ2v) is 11.9. The number of benzene rings is 1. The Morgan fingerprint density at radius 1 is 1.27 bits per heavy atom. The quantitative estimate of drug-likeness (QED) is 0.324. The van der Waals surface area contributed by atoms with E-state index in [4.69, 9.17) is 11.6 Å². The molecule has 0 amide bonds. The highest BCUT2D eigenvalue weighted by Gasteiger charge is 2.50. The van der Waals surface area contributed by atoms with Gasteiger partial charge in [0.1, 0.15) is 15.6 Å². The summed E-state index contributed by atoms with van der Waals surface area (Å²) in [5, 5.41) is 1.87. The van der Waals surface area contributed by atoms with Crippen molar-refractivity contribution in [3.8, 4) is 0 Å². The highest BCUT2D eigenvalue weighted by molar-refractivity contribution is 7.90. The molecule has 1 fully saturated rings. The smallest absolute Gasteiger partial charge is 0.273 e. The Kier molecular flexibility index (Phi) is 7.64. The van der Waals surface area contributed by atoms with Crippen molar-refractivity contribution < 1.29 is 17.2 Å². The van der Waals surface area contributed by atoms with Crippen LogP contribution in [-0.4, -0.2) is 29.3 Å². The van der Waals surface area contributed by atoms with Crippen molar-refractivity contribution in [1.29, 1.82) is 0 Å². The van der Waals surface area contributed by atoms with Crippen molar-refractivity contribution in [2.24, 2.45) is 10.9 Å². The lowest BCUT2D eigenvalue weighted by molar-refractivity contribution is 0.568. The van der Waals surface area contributed by atoms with E-state index in [0.717, 1.165) is 28.8 Å². The highest BCUT2D eigenvalue weighted by Crippen LogP contribution is 2.60. The summed E-state index contributed by atoms with van der Waals surface area (Å²) in [6, 6.07) is 7.31. The summed E-state index contributed by atoms with van der Waals surface area (Å²) in [5.74, 6) is -1.77. The lowest BCUT2D eigenvalue weighted by Gasteiger charge is -2.12. The largest absolute Gasteiger partial charge is 0.284 e. The Balaban J connectivity index is 1.78. The Hall–Kier alpha value is -2.95. The lowest BCUT2D eigenvalue weighted by atomic mass is 10.1. The number of pyridine rings is 1. The molecule has 2 aromatic heterocycles. The van der Waals surface area contributed by atoms with E-state index < -0.39 is 37.6 Å². The van der Waals surface area contributed by atoms with Crippen molar-refractivity contribution in [1.82, 2.24) is 8.94 Å². The third kappa shape index (κ3) is 5.23. The number of allylic oxidation sites excluding steroid dienone is 2. The van der Waals surface area contributed by atoms with Crippen LogP contribution >= 0.6 is 23.1 Å². The summed E-state index contributed by atoms with van der Waals surface area (Å²) < 4.78 is 60.1. The molecular weight excluding hydrogens is 540 g/mol. The number of sulfone groups is 1. The van der Waals surface area contributed by atoms with Gasteiger partial charge in [0.2, 0.25) is 0 Å². The van der Waals surface area contributed by atoms with Crippen LogP contribution in [0.1, 0.15) is 48.2 Å². The molecule has 0 aliphatic heterocycles. The molecule has 0 N–H and O–H groups in total. The van der Waals surface area contributed by atoms with Gasteiger partial charge in [-0.1, -0.05) is 30.7 Å². The fourth-order valence-corrected chi connectivity index (χ4v) is 6.10. The van der Waals surface area contributed by atoms with Crippen LogP contribution in [-0.2, 0) is 9.84 Å². The first kappa shape index (κ1) is 27.1. The van der Waals surface area contributed by atoms with E-state index in [2.05, 4.69) is 16.3 Å². The zero-order valence-electron chi connectivity index (χ0n) is 20.4. The van der Waals surface area contributed by atoms with Crippen LogP contribution in [0, 0.1) is 18.7 Å². The molecular formula is C26H24ClF2N3O3S2. The predicted molar refractivity (Wildman–Crippen MR) is 143 cm³/mol. The van der Waals surface area contributed by atoms with Gasteiger partial charge in [-0.25, -0.2) is 17.2 Å². The summed E-state index contributed by atoms with van der Waals surface area (Å²) >= 11 is 7.85. The van der Waals surface area contributed by atoms with Gasteiger partial charge in [0.05, 0.1) is 11.9 Å². The maximum absolute atomic E-state index is 15.6. The Morgan fingerprint density at radius 3 is 2.62 bits per heavy atom. The number of hydrogen-bond acceptors (Lipinski definition) is 6. The molecule has 0 radical (unpaired) electrons. The van der Waals surface area contributed by atoms with Crippen LogP contribution in [0.15, 0.2) is 68.5 Å². The van der Waals surface area contributed by atoms with E-state index >= 15 is 8.78 Å². The van der Waals surface area contributed by atoms with Gasteiger partial charge in [0, 0.05) is 35.0 Å². The molecule has 2 heterocycles. The van der Waals surface area contributed by atoms with E-state index in [1.807, 2.05) is 11.4 Å². The minimum absolute atomic E-state index is 0.0177. The summed E-state index contributed by atoms with van der Waals surface area (Å²) in [7, 11) is -3.91. The average molecular weight is 564 g/mol.